The van der Waals surface area contributed by atoms with Crippen LogP contribution in [-0.4, -0.2) is 29.4 Å². The van der Waals surface area contributed by atoms with E-state index in [1.807, 2.05) is 29.2 Å². The lowest BCUT2D eigenvalue weighted by molar-refractivity contribution is -0.132. The van der Waals surface area contributed by atoms with Crippen LogP contribution in [0, 0.1) is 0 Å². The van der Waals surface area contributed by atoms with Gasteiger partial charge in [0.1, 0.15) is 0 Å². The number of nitrogens with one attached hydrogen (secondary N) is 1. The summed E-state index contributed by atoms with van der Waals surface area (Å²) in [4.78, 5) is 13.9. The van der Waals surface area contributed by atoms with Gasteiger partial charge in [0.15, 0.2) is 0 Å². The normalized spacial score (nSPS) is 27.8. The molecule has 0 spiro atoms. The zero-order chi connectivity index (χ0) is 11.1. The molecule has 3 N–H and O–H groups in total. The molecule has 2 atom stereocenters. The standard InChI is InChI=1S/C12H15N3O/c13-10-4-2-1-3-8(10)7-15-9-5-11(12(15)16)14-6-9/h1-4,9,11,14H,5-7,13H2. The molecule has 0 aliphatic carbocycles. The number of anilines is 1. The molecule has 1 aromatic rings. The van der Waals surface area contributed by atoms with Crippen LogP contribution in [-0.2, 0) is 11.3 Å². The van der Waals surface area contributed by atoms with Crippen LogP contribution in [0.1, 0.15) is 12.0 Å². The summed E-state index contributed by atoms with van der Waals surface area (Å²) in [5, 5.41) is 3.21. The molecule has 0 saturated carbocycles. The maximum atomic E-state index is 11.9. The van der Waals surface area contributed by atoms with Crippen LogP contribution in [0.2, 0.25) is 0 Å². The van der Waals surface area contributed by atoms with Gasteiger partial charge in [-0.2, -0.15) is 0 Å². The number of nitrogens with two attached hydrogens (primary N) is 1. The molecule has 2 aliphatic rings. The summed E-state index contributed by atoms with van der Waals surface area (Å²) in [6.07, 6.45) is 0.950. The molecule has 0 radical (unpaired) electrons. The number of piperazine rings is 1. The minimum absolute atomic E-state index is 0.0509. The fraction of sp³-hybridized carbons (Fsp3) is 0.417. The summed E-state index contributed by atoms with van der Waals surface area (Å²) in [6.45, 7) is 1.57. The fourth-order valence-corrected chi connectivity index (χ4v) is 2.59. The highest BCUT2D eigenvalue weighted by molar-refractivity contribution is 5.85. The van der Waals surface area contributed by atoms with Crippen LogP contribution >= 0.6 is 0 Å². The number of nitrogens with zero attached hydrogens (tertiary/aromatic N) is 1. The Labute approximate surface area is 94.4 Å². The molecule has 16 heavy (non-hydrogen) atoms. The Kier molecular flexibility index (Phi) is 2.11. The van der Waals surface area contributed by atoms with Gasteiger partial charge in [-0.25, -0.2) is 0 Å². The second kappa shape index (κ2) is 3.49. The van der Waals surface area contributed by atoms with Crippen molar-refractivity contribution >= 4 is 11.6 Å². The molecule has 0 aromatic heterocycles. The Morgan fingerprint density at radius 3 is 2.94 bits per heavy atom. The topological polar surface area (TPSA) is 58.4 Å². The van der Waals surface area contributed by atoms with E-state index in [1.54, 1.807) is 0 Å². The summed E-state index contributed by atoms with van der Waals surface area (Å²) in [7, 11) is 0. The van der Waals surface area contributed by atoms with Gasteiger partial charge < -0.3 is 16.0 Å². The highest BCUT2D eigenvalue weighted by Crippen LogP contribution is 2.27. The predicted molar refractivity (Wildman–Crippen MR) is 61.6 cm³/mol. The van der Waals surface area contributed by atoms with Crippen LogP contribution in [0.15, 0.2) is 24.3 Å². The summed E-state index contributed by atoms with van der Waals surface area (Å²) >= 11 is 0. The first-order chi connectivity index (χ1) is 7.75. The number of nitrogen functional groups attached to an aromatic ring is 1. The van der Waals surface area contributed by atoms with Gasteiger partial charge in [-0.1, -0.05) is 18.2 Å². The van der Waals surface area contributed by atoms with Gasteiger partial charge in [0.05, 0.1) is 6.04 Å². The van der Waals surface area contributed by atoms with Gasteiger partial charge in [0, 0.05) is 24.8 Å². The Morgan fingerprint density at radius 1 is 1.44 bits per heavy atom. The second-order valence-electron chi connectivity index (χ2n) is 4.52. The molecule has 3 rings (SSSR count). The molecule has 2 unspecified atom stereocenters. The van der Waals surface area contributed by atoms with E-state index in [9.17, 15) is 4.79 Å². The summed E-state index contributed by atoms with van der Waals surface area (Å²) in [6, 6.07) is 8.15. The maximum Gasteiger partial charge on any atom is 0.240 e. The Hall–Kier alpha value is -1.55. The van der Waals surface area contributed by atoms with Gasteiger partial charge in [-0.05, 0) is 18.1 Å². The molecule has 2 heterocycles. The minimum atomic E-state index is 0.0509. The van der Waals surface area contributed by atoms with Crippen molar-refractivity contribution in [2.45, 2.75) is 25.0 Å². The highest BCUT2D eigenvalue weighted by Gasteiger charge is 2.44. The van der Waals surface area contributed by atoms with Crippen molar-refractivity contribution in [2.24, 2.45) is 0 Å². The minimum Gasteiger partial charge on any atom is -0.398 e. The smallest absolute Gasteiger partial charge is 0.240 e. The van der Waals surface area contributed by atoms with Crippen LogP contribution in [0.5, 0.6) is 0 Å². The highest BCUT2D eigenvalue weighted by atomic mass is 16.2. The van der Waals surface area contributed by atoms with Crippen molar-refractivity contribution in [3.05, 3.63) is 29.8 Å². The Balaban J connectivity index is 1.81. The van der Waals surface area contributed by atoms with Crippen molar-refractivity contribution in [1.82, 2.24) is 10.2 Å². The van der Waals surface area contributed by atoms with Crippen LogP contribution in [0.4, 0.5) is 5.69 Å². The van der Waals surface area contributed by atoms with Gasteiger partial charge >= 0.3 is 0 Å². The van der Waals surface area contributed by atoms with Crippen LogP contribution < -0.4 is 11.1 Å². The number of hydrogen-bond acceptors (Lipinski definition) is 3. The molecule has 2 saturated heterocycles. The number of fused-ring (bicyclic) bond motifs is 2. The molecule has 4 heteroatoms. The number of hydrogen-bond donors (Lipinski definition) is 2. The van der Waals surface area contributed by atoms with E-state index >= 15 is 0 Å². The third kappa shape index (κ3) is 1.38. The summed E-state index contributed by atoms with van der Waals surface area (Å²) in [5.74, 6) is 0.222. The van der Waals surface area contributed by atoms with Gasteiger partial charge in [-0.3, -0.25) is 4.79 Å². The quantitative estimate of drug-likeness (QED) is 0.702. The second-order valence-corrected chi connectivity index (χ2v) is 4.52. The SMILES string of the molecule is Nc1ccccc1CN1C(=O)C2CC1CN2. The third-order valence-corrected chi connectivity index (χ3v) is 3.53. The Bertz CT molecular complexity index is 432. The lowest BCUT2D eigenvalue weighted by Crippen LogP contribution is -2.47. The van der Waals surface area contributed by atoms with Crippen LogP contribution in [0.25, 0.3) is 0 Å². The fourth-order valence-electron chi connectivity index (χ4n) is 2.59. The van der Waals surface area contributed by atoms with E-state index < -0.39 is 0 Å². The van der Waals surface area contributed by atoms with E-state index in [0.29, 0.717) is 12.6 Å². The number of carbonyl (C=O) groups excluding carboxylic acids is 1. The van der Waals surface area contributed by atoms with E-state index in [1.165, 1.54) is 0 Å². The van der Waals surface area contributed by atoms with Gasteiger partial charge in [0.25, 0.3) is 0 Å². The lowest BCUT2D eigenvalue weighted by Gasteiger charge is -2.27. The Morgan fingerprint density at radius 2 is 2.25 bits per heavy atom. The first-order valence-electron chi connectivity index (χ1n) is 5.63. The van der Waals surface area contributed by atoms with Gasteiger partial charge in [-0.15, -0.1) is 0 Å². The van der Waals surface area contributed by atoms with E-state index in [4.69, 9.17) is 5.73 Å². The molecule has 2 fully saturated rings. The van der Waals surface area contributed by atoms with Crippen molar-refractivity contribution in [2.75, 3.05) is 12.3 Å². The van der Waals surface area contributed by atoms with Crippen molar-refractivity contribution in [3.8, 4) is 0 Å². The number of benzene rings is 1. The molecule has 1 amide bonds. The maximum absolute atomic E-state index is 11.9. The number of likely N-dealkylation sites (tertiary alicyclic amines) is 1. The predicted octanol–water partition coefficient (Wildman–Crippen LogP) is 0.341. The molecule has 4 nitrogen and oxygen atoms in total. The molecule has 2 aliphatic heterocycles. The molecule has 1 aromatic carbocycles. The van der Waals surface area contributed by atoms with Crippen molar-refractivity contribution in [3.63, 3.8) is 0 Å². The first kappa shape index (κ1) is 9.66. The first-order valence-corrected chi connectivity index (χ1v) is 5.63. The number of para-hydroxylation sites is 1. The molecule has 84 valence electrons. The monoisotopic (exact) mass is 217 g/mol. The van der Waals surface area contributed by atoms with E-state index in [2.05, 4.69) is 5.32 Å². The molecule has 2 bridgehead atoms. The molecular formula is C12H15N3O. The van der Waals surface area contributed by atoms with Crippen LogP contribution in [0.3, 0.4) is 0 Å². The zero-order valence-electron chi connectivity index (χ0n) is 9.02. The lowest BCUT2D eigenvalue weighted by atomic mass is 10.1. The number of amides is 1. The largest absolute Gasteiger partial charge is 0.398 e. The van der Waals surface area contributed by atoms with Gasteiger partial charge in [0.2, 0.25) is 5.91 Å². The zero-order valence-corrected chi connectivity index (χ0v) is 9.02. The third-order valence-electron chi connectivity index (χ3n) is 3.53. The summed E-state index contributed by atoms with van der Waals surface area (Å²) in [5.41, 5.74) is 7.70. The average Bonchev–Trinajstić information content (AvgIpc) is 2.85. The van der Waals surface area contributed by atoms with Crippen molar-refractivity contribution < 1.29 is 4.79 Å². The average molecular weight is 217 g/mol. The number of rotatable bonds is 2. The van der Waals surface area contributed by atoms with Crippen molar-refractivity contribution in [1.29, 1.82) is 0 Å². The number of carbonyl (C=O) groups is 1. The van der Waals surface area contributed by atoms with E-state index in [-0.39, 0.29) is 11.9 Å². The molecular weight excluding hydrogens is 202 g/mol. The van der Waals surface area contributed by atoms with E-state index in [0.717, 1.165) is 24.2 Å². The summed E-state index contributed by atoms with van der Waals surface area (Å²) < 4.78 is 0.